The number of carbonyl (C=O) groups excluding carboxylic acids is 2. The quantitative estimate of drug-likeness (QED) is 0.603. The van der Waals surface area contributed by atoms with Crippen molar-refractivity contribution in [1.29, 1.82) is 0 Å². The molecule has 0 aliphatic carbocycles. The van der Waals surface area contributed by atoms with Gasteiger partial charge in [0.1, 0.15) is 12.3 Å². The van der Waals surface area contributed by atoms with E-state index >= 15 is 0 Å². The van der Waals surface area contributed by atoms with Gasteiger partial charge in [0.15, 0.2) is 0 Å². The zero-order valence-corrected chi connectivity index (χ0v) is 12.5. The van der Waals surface area contributed by atoms with Crippen molar-refractivity contribution >= 4 is 28.6 Å². The minimum absolute atomic E-state index is 0.0813. The van der Waals surface area contributed by atoms with Crippen molar-refractivity contribution < 1.29 is 24.2 Å². The number of nitrogens with one attached hydrogen (secondary N) is 1. The number of carbonyl (C=O) groups is 3. The highest BCUT2D eigenvalue weighted by Gasteiger charge is 2.10. The molecular formula is C17H17NO5. The van der Waals surface area contributed by atoms with Crippen molar-refractivity contribution in [2.24, 2.45) is 0 Å². The summed E-state index contributed by atoms with van der Waals surface area (Å²) in [6.07, 6.45) is 0.469. The normalized spacial score (nSPS) is 10.3. The summed E-state index contributed by atoms with van der Waals surface area (Å²) in [6, 6.07) is 13.0. The lowest BCUT2D eigenvalue weighted by atomic mass is 10.1. The summed E-state index contributed by atoms with van der Waals surface area (Å²) in [5, 5.41) is 12.5. The van der Waals surface area contributed by atoms with Crippen LogP contribution in [0.1, 0.15) is 19.3 Å². The summed E-state index contributed by atoms with van der Waals surface area (Å²) in [4.78, 5) is 33.5. The highest BCUT2D eigenvalue weighted by Crippen LogP contribution is 2.25. The van der Waals surface area contributed by atoms with E-state index in [-0.39, 0.29) is 12.8 Å². The first-order valence-corrected chi connectivity index (χ1v) is 7.23. The third-order valence-electron chi connectivity index (χ3n) is 3.19. The second-order valence-corrected chi connectivity index (χ2v) is 4.98. The largest absolute Gasteiger partial charge is 0.480 e. The predicted octanol–water partition coefficient (Wildman–Crippen LogP) is 2.12. The predicted molar refractivity (Wildman–Crippen MR) is 84.1 cm³/mol. The van der Waals surface area contributed by atoms with Crippen LogP contribution in [0, 0.1) is 0 Å². The summed E-state index contributed by atoms with van der Waals surface area (Å²) >= 11 is 0. The minimum Gasteiger partial charge on any atom is -0.480 e. The Bertz CT molecular complexity index is 721. The molecule has 0 atom stereocenters. The molecule has 2 N–H and O–H groups in total. The molecule has 0 radical (unpaired) electrons. The zero-order valence-electron chi connectivity index (χ0n) is 12.5. The molecule has 23 heavy (non-hydrogen) atoms. The SMILES string of the molecule is O=C(O)CNC(=O)CCCC(=O)Oc1cccc2ccccc12. The number of hydrogen-bond donors (Lipinski definition) is 2. The van der Waals surface area contributed by atoms with Gasteiger partial charge < -0.3 is 15.2 Å². The molecule has 0 fully saturated rings. The van der Waals surface area contributed by atoms with Crippen molar-refractivity contribution in [3.63, 3.8) is 0 Å². The van der Waals surface area contributed by atoms with Crippen molar-refractivity contribution in [2.75, 3.05) is 6.54 Å². The smallest absolute Gasteiger partial charge is 0.322 e. The first-order valence-electron chi connectivity index (χ1n) is 7.23. The van der Waals surface area contributed by atoms with Gasteiger partial charge in [-0.1, -0.05) is 36.4 Å². The molecule has 1 amide bonds. The molecular weight excluding hydrogens is 298 g/mol. The first kappa shape index (κ1) is 16.5. The molecule has 0 saturated carbocycles. The third kappa shape index (κ3) is 5.10. The number of carboxylic acids is 1. The lowest BCUT2D eigenvalue weighted by Gasteiger charge is -2.07. The fraction of sp³-hybridized carbons (Fsp3) is 0.235. The molecule has 0 heterocycles. The molecule has 0 aliphatic rings. The van der Waals surface area contributed by atoms with Gasteiger partial charge in [-0.25, -0.2) is 0 Å². The molecule has 0 aromatic heterocycles. The molecule has 0 saturated heterocycles. The molecule has 2 aromatic rings. The van der Waals surface area contributed by atoms with E-state index < -0.39 is 24.4 Å². The molecule has 2 rings (SSSR count). The number of aliphatic carboxylic acids is 1. The maximum absolute atomic E-state index is 11.9. The molecule has 0 aliphatic heterocycles. The monoisotopic (exact) mass is 315 g/mol. The fourth-order valence-electron chi connectivity index (χ4n) is 2.11. The Morgan fingerprint density at radius 3 is 2.52 bits per heavy atom. The zero-order chi connectivity index (χ0) is 16.7. The second-order valence-electron chi connectivity index (χ2n) is 4.98. The maximum atomic E-state index is 11.9. The summed E-state index contributed by atoms with van der Waals surface area (Å²) < 4.78 is 5.34. The van der Waals surface area contributed by atoms with Gasteiger partial charge in [-0.3, -0.25) is 14.4 Å². The molecule has 0 unspecified atom stereocenters. The van der Waals surface area contributed by atoms with Crippen LogP contribution in [0.25, 0.3) is 10.8 Å². The lowest BCUT2D eigenvalue weighted by molar-refractivity contribution is -0.138. The summed E-state index contributed by atoms with van der Waals surface area (Å²) in [5.41, 5.74) is 0. The van der Waals surface area contributed by atoms with E-state index in [0.29, 0.717) is 12.2 Å². The van der Waals surface area contributed by atoms with Crippen LogP contribution in [0.15, 0.2) is 42.5 Å². The number of amides is 1. The number of carboxylic acid groups (broad SMARTS) is 1. The second kappa shape index (κ2) is 7.93. The standard InChI is InChI=1S/C17H17NO5/c19-15(18-11-16(20)21)9-4-10-17(22)23-14-8-3-6-12-5-1-2-7-13(12)14/h1-3,5-8H,4,9-11H2,(H,18,19)(H,20,21). The summed E-state index contributed by atoms with van der Waals surface area (Å²) in [6.45, 7) is -0.417. The molecule has 0 bridgehead atoms. The van der Waals surface area contributed by atoms with Crippen LogP contribution in [0.3, 0.4) is 0 Å². The number of fused-ring (bicyclic) bond motifs is 1. The molecule has 2 aromatic carbocycles. The highest BCUT2D eigenvalue weighted by molar-refractivity contribution is 5.90. The van der Waals surface area contributed by atoms with Crippen molar-refractivity contribution in [2.45, 2.75) is 19.3 Å². The average Bonchev–Trinajstić information content (AvgIpc) is 2.53. The molecule has 120 valence electrons. The Morgan fingerprint density at radius 1 is 1.00 bits per heavy atom. The van der Waals surface area contributed by atoms with Crippen molar-refractivity contribution in [3.05, 3.63) is 42.5 Å². The average molecular weight is 315 g/mol. The highest BCUT2D eigenvalue weighted by atomic mass is 16.5. The van der Waals surface area contributed by atoms with Crippen LogP contribution in [0.2, 0.25) is 0 Å². The number of rotatable bonds is 7. The molecule has 0 spiro atoms. The third-order valence-corrected chi connectivity index (χ3v) is 3.19. The number of hydrogen-bond acceptors (Lipinski definition) is 4. The minimum atomic E-state index is -1.10. The van der Waals surface area contributed by atoms with E-state index in [1.807, 2.05) is 36.4 Å². The maximum Gasteiger partial charge on any atom is 0.322 e. The van der Waals surface area contributed by atoms with E-state index in [2.05, 4.69) is 5.32 Å². The number of benzene rings is 2. The Morgan fingerprint density at radius 2 is 1.74 bits per heavy atom. The van der Waals surface area contributed by atoms with E-state index in [0.717, 1.165) is 10.8 Å². The van der Waals surface area contributed by atoms with E-state index in [9.17, 15) is 14.4 Å². The Hall–Kier alpha value is -2.89. The Labute approximate surface area is 133 Å². The van der Waals surface area contributed by atoms with E-state index in [1.165, 1.54) is 0 Å². The Kier molecular flexibility index (Phi) is 5.68. The number of esters is 1. The van der Waals surface area contributed by atoms with Gasteiger partial charge in [0.25, 0.3) is 0 Å². The van der Waals surface area contributed by atoms with Crippen molar-refractivity contribution in [3.8, 4) is 5.75 Å². The van der Waals surface area contributed by atoms with Crippen molar-refractivity contribution in [1.82, 2.24) is 5.32 Å². The van der Waals surface area contributed by atoms with Crippen LogP contribution in [0.5, 0.6) is 5.75 Å². The van der Waals surface area contributed by atoms with Gasteiger partial charge >= 0.3 is 11.9 Å². The van der Waals surface area contributed by atoms with Crippen LogP contribution < -0.4 is 10.1 Å². The van der Waals surface area contributed by atoms with Crippen LogP contribution in [0.4, 0.5) is 0 Å². The lowest BCUT2D eigenvalue weighted by Crippen LogP contribution is -2.29. The van der Waals surface area contributed by atoms with Gasteiger partial charge in [-0.15, -0.1) is 0 Å². The first-order chi connectivity index (χ1) is 11.1. The van der Waals surface area contributed by atoms with Crippen LogP contribution >= 0.6 is 0 Å². The van der Waals surface area contributed by atoms with Gasteiger partial charge in [0.05, 0.1) is 0 Å². The summed E-state index contributed by atoms with van der Waals surface area (Å²) in [5.74, 6) is -1.44. The van der Waals surface area contributed by atoms with Gasteiger partial charge in [0.2, 0.25) is 5.91 Å². The van der Waals surface area contributed by atoms with Gasteiger partial charge in [0, 0.05) is 18.2 Å². The Balaban J connectivity index is 1.83. The topological polar surface area (TPSA) is 92.7 Å². The summed E-state index contributed by atoms with van der Waals surface area (Å²) in [7, 11) is 0. The molecule has 6 heteroatoms. The van der Waals surface area contributed by atoms with Gasteiger partial charge in [-0.2, -0.15) is 0 Å². The molecule has 6 nitrogen and oxygen atoms in total. The van der Waals surface area contributed by atoms with E-state index in [4.69, 9.17) is 9.84 Å². The fourth-order valence-corrected chi connectivity index (χ4v) is 2.11. The number of ether oxygens (including phenoxy) is 1. The van der Waals surface area contributed by atoms with Crippen LogP contribution in [-0.4, -0.2) is 29.5 Å². The van der Waals surface area contributed by atoms with Crippen LogP contribution in [-0.2, 0) is 14.4 Å². The van der Waals surface area contributed by atoms with E-state index in [1.54, 1.807) is 6.07 Å². The van der Waals surface area contributed by atoms with Gasteiger partial charge in [-0.05, 0) is 17.9 Å².